The van der Waals surface area contributed by atoms with E-state index in [1.54, 1.807) is 0 Å². The zero-order valence-corrected chi connectivity index (χ0v) is 10.2. The number of hydrogen-bond acceptors (Lipinski definition) is 2. The van der Waals surface area contributed by atoms with Crippen molar-refractivity contribution in [2.75, 3.05) is 0 Å². The Morgan fingerprint density at radius 1 is 1.38 bits per heavy atom. The molecule has 4 nitrogen and oxygen atoms in total. The average molecular weight is 227 g/mol. The Morgan fingerprint density at radius 2 is 1.88 bits per heavy atom. The minimum atomic E-state index is -0.973. The summed E-state index contributed by atoms with van der Waals surface area (Å²) in [7, 11) is 0. The Balaban J connectivity index is 2.82. The van der Waals surface area contributed by atoms with Gasteiger partial charge in [0.05, 0.1) is 0 Å². The molecule has 0 spiro atoms. The van der Waals surface area contributed by atoms with Crippen molar-refractivity contribution in [3.05, 3.63) is 0 Å². The fourth-order valence-corrected chi connectivity index (χ4v) is 2.54. The lowest BCUT2D eigenvalue weighted by molar-refractivity contribution is -0.112. The van der Waals surface area contributed by atoms with Crippen LogP contribution in [0.4, 0.5) is 4.79 Å². The molecule has 1 fully saturated rings. The number of carbonyl (C=O) groups excluding carboxylic acids is 1. The molecule has 92 valence electrons. The smallest absolute Gasteiger partial charge is 0.405 e. The zero-order chi connectivity index (χ0) is 12.4. The first-order valence-electron chi connectivity index (χ1n) is 5.77. The van der Waals surface area contributed by atoms with E-state index < -0.39 is 11.6 Å². The Kier molecular flexibility index (Phi) is 3.61. The Morgan fingerprint density at radius 3 is 2.19 bits per heavy atom. The molecule has 0 saturated heterocycles. The molecule has 1 aliphatic rings. The number of nitrogens with one attached hydrogen (secondary N) is 1. The van der Waals surface area contributed by atoms with Crippen LogP contribution in [0.3, 0.4) is 0 Å². The van der Waals surface area contributed by atoms with E-state index in [0.717, 1.165) is 32.0 Å². The van der Waals surface area contributed by atoms with E-state index in [-0.39, 0.29) is 11.3 Å². The van der Waals surface area contributed by atoms with E-state index in [0.29, 0.717) is 0 Å². The van der Waals surface area contributed by atoms with Crippen molar-refractivity contribution < 1.29 is 14.7 Å². The predicted molar refractivity (Wildman–Crippen MR) is 61.4 cm³/mol. The first-order chi connectivity index (χ1) is 7.31. The van der Waals surface area contributed by atoms with Crippen LogP contribution in [0.15, 0.2) is 0 Å². The maximum atomic E-state index is 10.9. The molecule has 0 aliphatic heterocycles. The number of aldehydes is 1. The summed E-state index contributed by atoms with van der Waals surface area (Å²) in [5, 5.41) is 11.6. The third kappa shape index (κ3) is 2.54. The van der Waals surface area contributed by atoms with Gasteiger partial charge in [-0.15, -0.1) is 0 Å². The van der Waals surface area contributed by atoms with Crippen LogP contribution in [-0.2, 0) is 4.79 Å². The quantitative estimate of drug-likeness (QED) is 0.712. The van der Waals surface area contributed by atoms with Crippen molar-refractivity contribution in [3.8, 4) is 0 Å². The lowest BCUT2D eigenvalue weighted by Gasteiger charge is -2.48. The van der Waals surface area contributed by atoms with E-state index in [2.05, 4.69) is 5.32 Å². The molecule has 0 heterocycles. The van der Waals surface area contributed by atoms with Gasteiger partial charge in [-0.3, -0.25) is 0 Å². The summed E-state index contributed by atoms with van der Waals surface area (Å²) in [5.41, 5.74) is -0.516. The minimum Gasteiger partial charge on any atom is -0.465 e. The van der Waals surface area contributed by atoms with Gasteiger partial charge in [-0.25, -0.2) is 4.79 Å². The molecule has 16 heavy (non-hydrogen) atoms. The van der Waals surface area contributed by atoms with Gasteiger partial charge in [-0.2, -0.15) is 0 Å². The molecule has 0 aromatic rings. The second kappa shape index (κ2) is 4.44. The largest absolute Gasteiger partial charge is 0.465 e. The van der Waals surface area contributed by atoms with Gasteiger partial charge in [-0.1, -0.05) is 20.8 Å². The third-order valence-electron chi connectivity index (χ3n) is 3.86. The van der Waals surface area contributed by atoms with Crippen LogP contribution in [0.2, 0.25) is 0 Å². The molecule has 0 aromatic carbocycles. The summed E-state index contributed by atoms with van der Waals surface area (Å²) in [5.74, 6) is 0.103. The molecule has 1 rings (SSSR count). The highest BCUT2D eigenvalue weighted by atomic mass is 16.4. The van der Waals surface area contributed by atoms with Gasteiger partial charge in [0.1, 0.15) is 6.29 Å². The molecule has 1 amide bonds. The molecule has 1 saturated carbocycles. The van der Waals surface area contributed by atoms with Crippen LogP contribution in [0.5, 0.6) is 0 Å². The number of hydrogen-bond donors (Lipinski definition) is 2. The van der Waals surface area contributed by atoms with Crippen molar-refractivity contribution in [1.82, 2.24) is 5.32 Å². The highest BCUT2D eigenvalue weighted by Crippen LogP contribution is 2.43. The van der Waals surface area contributed by atoms with E-state index in [4.69, 9.17) is 5.11 Å². The Hall–Kier alpha value is -1.06. The molecule has 0 aromatic heterocycles. The summed E-state index contributed by atoms with van der Waals surface area (Å²) < 4.78 is 0. The Bertz CT molecular complexity index is 272. The van der Waals surface area contributed by atoms with E-state index in [1.165, 1.54) is 0 Å². The summed E-state index contributed by atoms with van der Waals surface area (Å²) in [6.07, 6.45) is 3.06. The summed E-state index contributed by atoms with van der Waals surface area (Å²) in [6.45, 7) is 6.14. The predicted octanol–water partition coefficient (Wildman–Crippen LogP) is 2.43. The molecule has 0 unspecified atom stereocenters. The molecule has 0 atom stereocenters. The number of carboxylic acid groups (broad SMARTS) is 1. The lowest BCUT2D eigenvalue weighted by Crippen LogP contribution is -2.58. The maximum Gasteiger partial charge on any atom is 0.405 e. The van der Waals surface area contributed by atoms with Gasteiger partial charge < -0.3 is 15.2 Å². The van der Waals surface area contributed by atoms with Gasteiger partial charge in [-0.05, 0) is 31.1 Å². The lowest BCUT2D eigenvalue weighted by atomic mass is 9.64. The van der Waals surface area contributed by atoms with E-state index >= 15 is 0 Å². The van der Waals surface area contributed by atoms with Gasteiger partial charge >= 0.3 is 6.09 Å². The van der Waals surface area contributed by atoms with Crippen molar-refractivity contribution in [1.29, 1.82) is 0 Å². The standard InChI is InChI=1S/C12H21NO3/c1-11(2,3)12(13-10(15)16)6-4-9(8-14)5-7-12/h8-9,13H,4-7H2,1-3H3,(H,15,16)/t9-,12-. The maximum absolute atomic E-state index is 10.9. The van der Waals surface area contributed by atoms with Crippen LogP contribution in [0.1, 0.15) is 46.5 Å². The molecule has 4 heteroatoms. The van der Waals surface area contributed by atoms with Crippen LogP contribution >= 0.6 is 0 Å². The number of amides is 1. The summed E-state index contributed by atoms with van der Waals surface area (Å²) >= 11 is 0. The van der Waals surface area contributed by atoms with Gasteiger partial charge in [0.25, 0.3) is 0 Å². The van der Waals surface area contributed by atoms with E-state index in [9.17, 15) is 9.59 Å². The van der Waals surface area contributed by atoms with Crippen molar-refractivity contribution >= 4 is 12.4 Å². The molecule has 2 N–H and O–H groups in total. The van der Waals surface area contributed by atoms with Gasteiger partial charge in [0, 0.05) is 11.5 Å². The average Bonchev–Trinajstić information content (AvgIpc) is 2.16. The summed E-state index contributed by atoms with van der Waals surface area (Å²) in [4.78, 5) is 21.6. The fourth-order valence-electron chi connectivity index (χ4n) is 2.54. The van der Waals surface area contributed by atoms with Crippen molar-refractivity contribution in [3.63, 3.8) is 0 Å². The highest BCUT2D eigenvalue weighted by molar-refractivity contribution is 5.66. The summed E-state index contributed by atoms with van der Waals surface area (Å²) in [6, 6.07) is 0. The van der Waals surface area contributed by atoms with Crippen LogP contribution in [0.25, 0.3) is 0 Å². The Labute approximate surface area is 96.4 Å². The first kappa shape index (κ1) is 13.0. The zero-order valence-electron chi connectivity index (χ0n) is 10.2. The molecular formula is C12H21NO3. The number of carbonyl (C=O) groups is 2. The highest BCUT2D eigenvalue weighted by Gasteiger charge is 2.45. The van der Waals surface area contributed by atoms with Crippen LogP contribution in [0, 0.1) is 11.3 Å². The van der Waals surface area contributed by atoms with E-state index in [1.807, 2.05) is 20.8 Å². The van der Waals surface area contributed by atoms with Crippen LogP contribution in [-0.4, -0.2) is 23.0 Å². The molecular weight excluding hydrogens is 206 g/mol. The normalized spacial score (nSPS) is 30.8. The second-order valence-corrected chi connectivity index (χ2v) is 5.74. The SMILES string of the molecule is CC(C)(C)[C@]1(NC(=O)O)CC[C@H](C=O)CC1. The monoisotopic (exact) mass is 227 g/mol. The second-order valence-electron chi connectivity index (χ2n) is 5.74. The topological polar surface area (TPSA) is 66.4 Å². The third-order valence-corrected chi connectivity index (χ3v) is 3.86. The van der Waals surface area contributed by atoms with Gasteiger partial charge in [0.15, 0.2) is 0 Å². The number of rotatable bonds is 2. The first-order valence-corrected chi connectivity index (χ1v) is 5.77. The molecule has 1 aliphatic carbocycles. The minimum absolute atomic E-state index is 0.103. The van der Waals surface area contributed by atoms with Gasteiger partial charge in [0.2, 0.25) is 0 Å². The molecule has 0 radical (unpaired) electrons. The van der Waals surface area contributed by atoms with Crippen molar-refractivity contribution in [2.24, 2.45) is 11.3 Å². The molecule has 0 bridgehead atoms. The van der Waals surface area contributed by atoms with Crippen LogP contribution < -0.4 is 5.32 Å². The fraction of sp³-hybridized carbons (Fsp3) is 0.833. The van der Waals surface area contributed by atoms with Crippen molar-refractivity contribution in [2.45, 2.75) is 52.0 Å².